The second kappa shape index (κ2) is 12.3. The lowest BCUT2D eigenvalue weighted by Gasteiger charge is -2.21. The average molecular weight is 559 g/mol. The number of carbonyl (C=O) groups excluding carboxylic acids is 2. The molecule has 5 rings (SSSR count). The van der Waals surface area contributed by atoms with Crippen molar-refractivity contribution in [3.8, 4) is 22.7 Å². The first-order valence-electron chi connectivity index (χ1n) is 12.3. The number of rotatable bonds is 10. The first kappa shape index (κ1) is 26.7. The number of furan rings is 1. The standard InChI is InChI=1S/C30H24ClFN4O4/c31-22-8-14-25(15-9-22)40-20-30(38)35(18-26-7-4-16-39-26)19-29(37)33-28-17-27(21-5-2-1-3-6-21)34-36(28)24-12-10-23(32)11-13-24/h1-17H,18-20H2,(H,33,37). The highest BCUT2D eigenvalue weighted by atomic mass is 35.5. The van der Waals surface area contributed by atoms with E-state index < -0.39 is 17.6 Å². The Morgan fingerprint density at radius 1 is 0.975 bits per heavy atom. The summed E-state index contributed by atoms with van der Waals surface area (Å²) in [4.78, 5) is 27.7. The topological polar surface area (TPSA) is 89.6 Å². The van der Waals surface area contributed by atoms with Crippen LogP contribution in [-0.4, -0.2) is 39.6 Å². The number of nitrogens with one attached hydrogen (secondary N) is 1. The third-order valence-electron chi connectivity index (χ3n) is 5.91. The van der Waals surface area contributed by atoms with Crippen LogP contribution < -0.4 is 10.1 Å². The lowest BCUT2D eigenvalue weighted by atomic mass is 10.1. The molecule has 0 spiro atoms. The normalized spacial score (nSPS) is 10.8. The zero-order valence-corrected chi connectivity index (χ0v) is 21.9. The van der Waals surface area contributed by atoms with Gasteiger partial charge in [-0.3, -0.25) is 9.59 Å². The number of hydrogen-bond donors (Lipinski definition) is 1. The maximum Gasteiger partial charge on any atom is 0.261 e. The SMILES string of the molecule is O=C(CN(Cc1ccco1)C(=O)COc1ccc(Cl)cc1)Nc1cc(-c2ccccc2)nn1-c1ccc(F)cc1. The number of amides is 2. The van der Waals surface area contributed by atoms with Gasteiger partial charge in [0.05, 0.1) is 24.2 Å². The molecule has 8 nitrogen and oxygen atoms in total. The Morgan fingerprint density at radius 2 is 1.73 bits per heavy atom. The van der Waals surface area contributed by atoms with E-state index in [1.165, 1.54) is 28.0 Å². The van der Waals surface area contributed by atoms with Crippen molar-refractivity contribution in [1.29, 1.82) is 0 Å². The van der Waals surface area contributed by atoms with Gasteiger partial charge >= 0.3 is 0 Å². The molecule has 0 aliphatic carbocycles. The van der Waals surface area contributed by atoms with Gasteiger partial charge in [-0.1, -0.05) is 41.9 Å². The van der Waals surface area contributed by atoms with Crippen molar-refractivity contribution in [2.24, 2.45) is 0 Å². The van der Waals surface area contributed by atoms with E-state index in [4.69, 9.17) is 20.8 Å². The highest BCUT2D eigenvalue weighted by Crippen LogP contribution is 2.25. The van der Waals surface area contributed by atoms with E-state index >= 15 is 0 Å². The summed E-state index contributed by atoms with van der Waals surface area (Å²) in [5, 5.41) is 8.03. The molecule has 0 atom stereocenters. The Hall–Kier alpha value is -4.89. The first-order chi connectivity index (χ1) is 19.4. The van der Waals surface area contributed by atoms with Crippen LogP contribution in [0.5, 0.6) is 5.75 Å². The van der Waals surface area contributed by atoms with Crippen LogP contribution in [0.2, 0.25) is 5.02 Å². The van der Waals surface area contributed by atoms with Gasteiger partial charge in [-0.2, -0.15) is 5.10 Å². The summed E-state index contributed by atoms with van der Waals surface area (Å²) in [7, 11) is 0. The summed E-state index contributed by atoms with van der Waals surface area (Å²) in [5.41, 5.74) is 2.01. The van der Waals surface area contributed by atoms with E-state index in [9.17, 15) is 14.0 Å². The fraction of sp³-hybridized carbons (Fsp3) is 0.100. The Labute approximate surface area is 234 Å². The van der Waals surface area contributed by atoms with Crippen molar-refractivity contribution < 1.29 is 23.1 Å². The quantitative estimate of drug-likeness (QED) is 0.228. The molecule has 0 unspecified atom stereocenters. The van der Waals surface area contributed by atoms with Crippen LogP contribution in [0.1, 0.15) is 5.76 Å². The fourth-order valence-corrected chi connectivity index (χ4v) is 4.07. The molecule has 2 aromatic heterocycles. The van der Waals surface area contributed by atoms with Gasteiger partial charge in [0.25, 0.3) is 5.91 Å². The van der Waals surface area contributed by atoms with Gasteiger partial charge in [-0.25, -0.2) is 9.07 Å². The van der Waals surface area contributed by atoms with E-state index in [-0.39, 0.29) is 19.7 Å². The van der Waals surface area contributed by atoms with Gasteiger partial charge in [-0.05, 0) is 60.7 Å². The Kier molecular flexibility index (Phi) is 8.22. The van der Waals surface area contributed by atoms with Crippen LogP contribution in [0.4, 0.5) is 10.2 Å². The fourth-order valence-electron chi connectivity index (χ4n) is 3.95. The van der Waals surface area contributed by atoms with E-state index in [0.29, 0.717) is 33.7 Å². The molecular formula is C30H24ClFN4O4. The molecule has 0 aliphatic heterocycles. The molecule has 0 fully saturated rings. The Bertz CT molecular complexity index is 1570. The van der Waals surface area contributed by atoms with Gasteiger partial charge in [0, 0.05) is 16.7 Å². The number of nitrogens with zero attached hydrogens (tertiary/aromatic N) is 3. The number of anilines is 1. The minimum Gasteiger partial charge on any atom is -0.484 e. The highest BCUT2D eigenvalue weighted by Gasteiger charge is 2.21. The number of benzene rings is 3. The molecule has 0 saturated carbocycles. The van der Waals surface area contributed by atoms with Gasteiger partial charge in [-0.15, -0.1) is 0 Å². The molecule has 0 aliphatic rings. The maximum absolute atomic E-state index is 13.6. The molecule has 5 aromatic rings. The van der Waals surface area contributed by atoms with E-state index in [2.05, 4.69) is 10.4 Å². The molecule has 1 N–H and O–H groups in total. The zero-order valence-electron chi connectivity index (χ0n) is 21.2. The predicted octanol–water partition coefficient (Wildman–Crippen LogP) is 5.97. The number of ether oxygens (including phenoxy) is 1. The Balaban J connectivity index is 1.35. The summed E-state index contributed by atoms with van der Waals surface area (Å²) in [6.45, 7) is -0.504. The van der Waals surface area contributed by atoms with Crippen LogP contribution in [0.3, 0.4) is 0 Å². The van der Waals surface area contributed by atoms with Gasteiger partial charge < -0.3 is 19.4 Å². The minimum atomic E-state index is -0.464. The van der Waals surface area contributed by atoms with Crippen LogP contribution in [0, 0.1) is 5.82 Å². The van der Waals surface area contributed by atoms with Crippen molar-refractivity contribution in [2.75, 3.05) is 18.5 Å². The third-order valence-corrected chi connectivity index (χ3v) is 6.16. The van der Waals surface area contributed by atoms with Crippen LogP contribution in [0.15, 0.2) is 108 Å². The molecular weight excluding hydrogens is 535 g/mol. The molecule has 0 saturated heterocycles. The second-order valence-electron chi connectivity index (χ2n) is 8.79. The van der Waals surface area contributed by atoms with E-state index in [1.807, 2.05) is 30.3 Å². The summed E-state index contributed by atoms with van der Waals surface area (Å²) in [6.07, 6.45) is 1.49. The van der Waals surface area contributed by atoms with Gasteiger partial charge in [0.1, 0.15) is 29.7 Å². The van der Waals surface area contributed by atoms with Gasteiger partial charge in [0.15, 0.2) is 6.61 Å². The van der Waals surface area contributed by atoms with Crippen molar-refractivity contribution in [3.05, 3.63) is 120 Å². The molecule has 0 bridgehead atoms. The summed E-state index contributed by atoms with van der Waals surface area (Å²) >= 11 is 5.91. The van der Waals surface area contributed by atoms with Crippen LogP contribution >= 0.6 is 11.6 Å². The van der Waals surface area contributed by atoms with E-state index in [1.54, 1.807) is 54.6 Å². The summed E-state index contributed by atoms with van der Waals surface area (Å²) in [6, 6.07) is 27.0. The number of hydrogen-bond acceptors (Lipinski definition) is 5. The van der Waals surface area contributed by atoms with Gasteiger partial charge in [0.2, 0.25) is 5.91 Å². The average Bonchev–Trinajstić information content (AvgIpc) is 3.63. The molecule has 2 heterocycles. The summed E-state index contributed by atoms with van der Waals surface area (Å²) in [5.74, 6) is 0.0656. The zero-order chi connectivity index (χ0) is 27.9. The lowest BCUT2D eigenvalue weighted by molar-refractivity contribution is -0.137. The van der Waals surface area contributed by atoms with Crippen LogP contribution in [-0.2, 0) is 16.1 Å². The summed E-state index contributed by atoms with van der Waals surface area (Å²) < 4.78 is 26.1. The number of aromatic nitrogens is 2. The highest BCUT2D eigenvalue weighted by molar-refractivity contribution is 6.30. The van der Waals surface area contributed by atoms with E-state index in [0.717, 1.165) is 5.56 Å². The van der Waals surface area contributed by atoms with Crippen molar-refractivity contribution in [3.63, 3.8) is 0 Å². The number of halogens is 2. The molecule has 3 aromatic carbocycles. The molecule has 40 heavy (non-hydrogen) atoms. The molecule has 202 valence electrons. The maximum atomic E-state index is 13.6. The molecule has 2 amide bonds. The monoisotopic (exact) mass is 558 g/mol. The lowest BCUT2D eigenvalue weighted by Crippen LogP contribution is -2.40. The predicted molar refractivity (Wildman–Crippen MR) is 149 cm³/mol. The smallest absolute Gasteiger partial charge is 0.261 e. The van der Waals surface area contributed by atoms with Crippen molar-refractivity contribution in [2.45, 2.75) is 6.54 Å². The largest absolute Gasteiger partial charge is 0.484 e. The van der Waals surface area contributed by atoms with Crippen molar-refractivity contribution in [1.82, 2.24) is 14.7 Å². The number of carbonyl (C=O) groups is 2. The minimum absolute atomic E-state index is 0.0652. The second-order valence-corrected chi connectivity index (χ2v) is 9.23. The molecule has 10 heteroatoms. The third kappa shape index (κ3) is 6.75. The molecule has 0 radical (unpaired) electrons. The Morgan fingerprint density at radius 3 is 2.42 bits per heavy atom. The first-order valence-corrected chi connectivity index (χ1v) is 12.7. The van der Waals surface area contributed by atoms with Crippen LogP contribution in [0.25, 0.3) is 16.9 Å². The van der Waals surface area contributed by atoms with Crippen molar-refractivity contribution >= 4 is 29.2 Å².